The molecular formula is C14H19BrO2. The number of methoxy groups -OCH3 is 2. The van der Waals surface area contributed by atoms with Gasteiger partial charge in [0.15, 0.2) is 0 Å². The third kappa shape index (κ3) is 2.59. The van der Waals surface area contributed by atoms with Crippen molar-refractivity contribution in [1.82, 2.24) is 0 Å². The molecular weight excluding hydrogens is 280 g/mol. The number of fused-ring (bicyclic) bond motifs is 1. The molecule has 0 spiro atoms. The van der Waals surface area contributed by atoms with Crippen LogP contribution in [0.4, 0.5) is 0 Å². The highest BCUT2D eigenvalue weighted by Gasteiger charge is 2.23. The lowest BCUT2D eigenvalue weighted by molar-refractivity contribution is 0.390. The van der Waals surface area contributed by atoms with Crippen molar-refractivity contribution in [3.8, 4) is 11.5 Å². The van der Waals surface area contributed by atoms with Gasteiger partial charge in [0, 0.05) is 10.9 Å². The number of ether oxygens (including phenoxy) is 2. The van der Waals surface area contributed by atoms with E-state index in [4.69, 9.17) is 9.47 Å². The lowest BCUT2D eigenvalue weighted by Gasteiger charge is -2.16. The van der Waals surface area contributed by atoms with Crippen LogP contribution >= 0.6 is 15.9 Å². The maximum absolute atomic E-state index is 5.49. The van der Waals surface area contributed by atoms with Crippen LogP contribution in [0.3, 0.4) is 0 Å². The van der Waals surface area contributed by atoms with Crippen molar-refractivity contribution in [3.63, 3.8) is 0 Å². The van der Waals surface area contributed by atoms with Gasteiger partial charge in [0.2, 0.25) is 0 Å². The summed E-state index contributed by atoms with van der Waals surface area (Å²) < 4.78 is 10.8. The monoisotopic (exact) mass is 298 g/mol. The summed E-state index contributed by atoms with van der Waals surface area (Å²) in [5, 5.41) is 0. The highest BCUT2D eigenvalue weighted by atomic mass is 79.9. The van der Waals surface area contributed by atoms with Crippen molar-refractivity contribution >= 4 is 15.9 Å². The minimum absolute atomic E-state index is 0.402. The number of rotatable bonds is 2. The van der Waals surface area contributed by atoms with Gasteiger partial charge in [0.25, 0.3) is 0 Å². The average Bonchev–Trinajstić information content (AvgIpc) is 2.48. The Bertz CT molecular complexity index is 403. The van der Waals surface area contributed by atoms with Crippen LogP contribution in [0.2, 0.25) is 0 Å². The van der Waals surface area contributed by atoms with E-state index in [1.807, 2.05) is 6.07 Å². The van der Waals surface area contributed by atoms with Gasteiger partial charge in [-0.05, 0) is 42.4 Å². The Hall–Kier alpha value is -0.700. The van der Waals surface area contributed by atoms with Crippen molar-refractivity contribution in [3.05, 3.63) is 23.3 Å². The molecule has 2 nitrogen and oxygen atoms in total. The number of halogens is 1. The van der Waals surface area contributed by atoms with E-state index in [0.717, 1.165) is 23.8 Å². The Balaban J connectivity index is 2.49. The van der Waals surface area contributed by atoms with Crippen LogP contribution in [0.25, 0.3) is 0 Å². The minimum Gasteiger partial charge on any atom is -0.497 e. The SMILES string of the molecule is COc1cc(OC)c2c(c1)C(Br)CC(C)CC2. The molecule has 0 fully saturated rings. The maximum Gasteiger partial charge on any atom is 0.126 e. The molecule has 1 aliphatic rings. The lowest BCUT2D eigenvalue weighted by Crippen LogP contribution is -1.99. The highest BCUT2D eigenvalue weighted by Crippen LogP contribution is 2.42. The van der Waals surface area contributed by atoms with Gasteiger partial charge in [-0.1, -0.05) is 22.9 Å². The Morgan fingerprint density at radius 2 is 2.00 bits per heavy atom. The fourth-order valence-electron chi connectivity index (χ4n) is 2.48. The zero-order valence-corrected chi connectivity index (χ0v) is 12.2. The van der Waals surface area contributed by atoms with Crippen LogP contribution in [0.1, 0.15) is 35.7 Å². The molecule has 2 atom stereocenters. The van der Waals surface area contributed by atoms with E-state index in [0.29, 0.717) is 4.83 Å². The van der Waals surface area contributed by atoms with Gasteiger partial charge in [0.1, 0.15) is 11.5 Å². The smallest absolute Gasteiger partial charge is 0.126 e. The van der Waals surface area contributed by atoms with E-state index in [1.165, 1.54) is 24.0 Å². The molecule has 0 bridgehead atoms. The van der Waals surface area contributed by atoms with Crippen LogP contribution < -0.4 is 9.47 Å². The van der Waals surface area contributed by atoms with E-state index in [9.17, 15) is 0 Å². The molecule has 3 heteroatoms. The topological polar surface area (TPSA) is 18.5 Å². The molecule has 0 N–H and O–H groups in total. The highest BCUT2D eigenvalue weighted by molar-refractivity contribution is 9.09. The molecule has 2 unspecified atom stereocenters. The summed E-state index contributed by atoms with van der Waals surface area (Å²) in [5.74, 6) is 2.57. The molecule has 0 radical (unpaired) electrons. The molecule has 17 heavy (non-hydrogen) atoms. The first-order valence-electron chi connectivity index (χ1n) is 6.04. The Morgan fingerprint density at radius 3 is 2.65 bits per heavy atom. The fourth-order valence-corrected chi connectivity index (χ4v) is 3.52. The van der Waals surface area contributed by atoms with Crippen LogP contribution in [0.15, 0.2) is 12.1 Å². The summed E-state index contributed by atoms with van der Waals surface area (Å²) >= 11 is 3.79. The molecule has 0 aliphatic heterocycles. The van der Waals surface area contributed by atoms with Gasteiger partial charge >= 0.3 is 0 Å². The first-order valence-corrected chi connectivity index (χ1v) is 6.96. The number of benzene rings is 1. The van der Waals surface area contributed by atoms with Crippen LogP contribution in [-0.2, 0) is 6.42 Å². The van der Waals surface area contributed by atoms with E-state index in [2.05, 4.69) is 28.9 Å². The zero-order valence-electron chi connectivity index (χ0n) is 10.6. The van der Waals surface area contributed by atoms with Gasteiger partial charge in [-0.2, -0.15) is 0 Å². The predicted octanol–water partition coefficient (Wildman–Crippen LogP) is 4.11. The van der Waals surface area contributed by atoms with Crippen molar-refractivity contribution in [2.75, 3.05) is 14.2 Å². The second-order valence-electron chi connectivity index (χ2n) is 4.74. The summed E-state index contributed by atoms with van der Waals surface area (Å²) in [4.78, 5) is 0.402. The Labute approximate surface area is 111 Å². The molecule has 0 saturated carbocycles. The first kappa shape index (κ1) is 12.7. The molecule has 1 aromatic rings. The van der Waals surface area contributed by atoms with Gasteiger partial charge in [-0.15, -0.1) is 0 Å². The third-order valence-corrected chi connectivity index (χ3v) is 4.37. The summed E-state index contributed by atoms with van der Waals surface area (Å²) in [6, 6.07) is 4.11. The second-order valence-corrected chi connectivity index (χ2v) is 5.85. The predicted molar refractivity (Wildman–Crippen MR) is 73.3 cm³/mol. The number of hydrogen-bond donors (Lipinski definition) is 0. The van der Waals surface area contributed by atoms with Gasteiger partial charge in [0.05, 0.1) is 14.2 Å². The van der Waals surface area contributed by atoms with Crippen LogP contribution in [-0.4, -0.2) is 14.2 Å². The molecule has 1 aromatic carbocycles. The maximum atomic E-state index is 5.49. The molecule has 0 aromatic heterocycles. The summed E-state index contributed by atoms with van der Waals surface area (Å²) in [6.07, 6.45) is 3.48. The van der Waals surface area contributed by atoms with Crippen molar-refractivity contribution in [2.45, 2.75) is 31.0 Å². The van der Waals surface area contributed by atoms with Crippen molar-refractivity contribution in [2.24, 2.45) is 5.92 Å². The fraction of sp³-hybridized carbons (Fsp3) is 0.571. The van der Waals surface area contributed by atoms with Gasteiger partial charge < -0.3 is 9.47 Å². The zero-order chi connectivity index (χ0) is 12.4. The van der Waals surface area contributed by atoms with Crippen LogP contribution in [0.5, 0.6) is 11.5 Å². The molecule has 0 saturated heterocycles. The summed E-state index contributed by atoms with van der Waals surface area (Å²) in [6.45, 7) is 2.31. The average molecular weight is 299 g/mol. The molecule has 1 aliphatic carbocycles. The number of alkyl halides is 1. The summed E-state index contributed by atoms with van der Waals surface area (Å²) in [5.41, 5.74) is 2.66. The second kappa shape index (κ2) is 5.30. The van der Waals surface area contributed by atoms with Crippen LogP contribution in [0, 0.1) is 5.92 Å². The van der Waals surface area contributed by atoms with Crippen molar-refractivity contribution < 1.29 is 9.47 Å². The van der Waals surface area contributed by atoms with E-state index >= 15 is 0 Å². The molecule has 0 amide bonds. The molecule has 0 heterocycles. The van der Waals surface area contributed by atoms with Gasteiger partial charge in [-0.3, -0.25) is 0 Å². The van der Waals surface area contributed by atoms with E-state index in [-0.39, 0.29) is 0 Å². The molecule has 94 valence electrons. The Kier molecular flexibility index (Phi) is 3.97. The minimum atomic E-state index is 0.402. The van der Waals surface area contributed by atoms with E-state index in [1.54, 1.807) is 14.2 Å². The lowest BCUT2D eigenvalue weighted by atomic mass is 10.0. The van der Waals surface area contributed by atoms with E-state index < -0.39 is 0 Å². The standard InChI is InChI=1S/C14H19BrO2/c1-9-4-5-11-12(13(15)6-9)7-10(16-2)8-14(11)17-3/h7-9,13H,4-6H2,1-3H3. The third-order valence-electron chi connectivity index (χ3n) is 3.51. The van der Waals surface area contributed by atoms with Crippen molar-refractivity contribution in [1.29, 1.82) is 0 Å². The number of hydrogen-bond acceptors (Lipinski definition) is 2. The molecule has 2 rings (SSSR count). The Morgan fingerprint density at radius 1 is 1.24 bits per heavy atom. The quantitative estimate of drug-likeness (QED) is 0.604. The normalized spacial score (nSPS) is 23.8. The summed E-state index contributed by atoms with van der Waals surface area (Å²) in [7, 11) is 3.43. The van der Waals surface area contributed by atoms with Gasteiger partial charge in [-0.25, -0.2) is 0 Å². The first-order chi connectivity index (χ1) is 8.15. The largest absolute Gasteiger partial charge is 0.497 e.